The Morgan fingerprint density at radius 2 is 2.15 bits per heavy atom. The number of anilines is 1. The highest BCUT2D eigenvalue weighted by Crippen LogP contribution is 2.38. The van der Waals surface area contributed by atoms with Gasteiger partial charge in [0.25, 0.3) is 0 Å². The van der Waals surface area contributed by atoms with Crippen molar-refractivity contribution in [2.24, 2.45) is 5.92 Å². The minimum Gasteiger partial charge on any atom is -0.338 e. The molecule has 1 aliphatic heterocycles. The molecule has 2 atom stereocenters. The highest BCUT2D eigenvalue weighted by atomic mass is 15.3. The van der Waals surface area contributed by atoms with Gasteiger partial charge in [0.05, 0.1) is 0 Å². The molecule has 4 heteroatoms. The number of nitrogens with one attached hydrogen (secondary N) is 1. The molecular formula is C16H26N4. The molecule has 1 saturated heterocycles. The maximum atomic E-state index is 4.75. The van der Waals surface area contributed by atoms with Crippen LogP contribution in [0.4, 0.5) is 5.95 Å². The predicted octanol–water partition coefficient (Wildman–Crippen LogP) is 2.66. The molecule has 2 bridgehead atoms. The van der Waals surface area contributed by atoms with Gasteiger partial charge in [-0.1, -0.05) is 0 Å². The maximum Gasteiger partial charge on any atom is 0.225 e. The third-order valence-electron chi connectivity index (χ3n) is 4.54. The van der Waals surface area contributed by atoms with Gasteiger partial charge in [0.2, 0.25) is 5.95 Å². The second-order valence-corrected chi connectivity index (χ2v) is 7.37. The third kappa shape index (κ3) is 2.80. The first-order valence-corrected chi connectivity index (χ1v) is 7.76. The van der Waals surface area contributed by atoms with Crippen LogP contribution in [0.5, 0.6) is 0 Å². The molecule has 1 aromatic heterocycles. The lowest BCUT2D eigenvalue weighted by molar-refractivity contribution is 0.423. The Morgan fingerprint density at radius 1 is 1.35 bits per heavy atom. The van der Waals surface area contributed by atoms with E-state index in [1.807, 2.05) is 6.20 Å². The molecule has 0 aromatic carbocycles. The summed E-state index contributed by atoms with van der Waals surface area (Å²) in [5, 5.41) is 3.50. The summed E-state index contributed by atoms with van der Waals surface area (Å²) in [5.74, 6) is 1.82. The monoisotopic (exact) mass is 274 g/mol. The highest BCUT2D eigenvalue weighted by molar-refractivity contribution is 5.37. The van der Waals surface area contributed by atoms with Crippen LogP contribution in [-0.4, -0.2) is 28.1 Å². The van der Waals surface area contributed by atoms with Crippen molar-refractivity contribution in [3.8, 4) is 0 Å². The average molecular weight is 274 g/mol. The summed E-state index contributed by atoms with van der Waals surface area (Å²) in [6.07, 6.45) is 6.06. The van der Waals surface area contributed by atoms with Crippen LogP contribution in [0.15, 0.2) is 6.20 Å². The molecule has 2 aliphatic rings. The van der Waals surface area contributed by atoms with Crippen LogP contribution >= 0.6 is 0 Å². The van der Waals surface area contributed by atoms with E-state index in [1.165, 1.54) is 24.8 Å². The molecule has 1 saturated carbocycles. The lowest BCUT2D eigenvalue weighted by atomic mass is 10.1. The molecule has 4 nitrogen and oxygen atoms in total. The molecule has 1 aliphatic carbocycles. The fourth-order valence-electron chi connectivity index (χ4n) is 3.32. The summed E-state index contributed by atoms with van der Waals surface area (Å²) < 4.78 is 0. The second-order valence-electron chi connectivity index (χ2n) is 7.37. The lowest BCUT2D eigenvalue weighted by Gasteiger charge is -2.27. The summed E-state index contributed by atoms with van der Waals surface area (Å²) in [6, 6.07) is 0.693. The molecule has 0 amide bonds. The van der Waals surface area contributed by atoms with Crippen LogP contribution in [0.25, 0.3) is 0 Å². The van der Waals surface area contributed by atoms with Gasteiger partial charge in [-0.05, 0) is 52.9 Å². The van der Waals surface area contributed by atoms with Crippen molar-refractivity contribution in [1.82, 2.24) is 15.3 Å². The van der Waals surface area contributed by atoms with E-state index in [9.17, 15) is 0 Å². The number of nitrogens with zero attached hydrogens (tertiary/aromatic N) is 3. The van der Waals surface area contributed by atoms with E-state index in [0.717, 1.165) is 30.6 Å². The number of aromatic nitrogens is 2. The predicted molar refractivity (Wildman–Crippen MR) is 81.8 cm³/mol. The van der Waals surface area contributed by atoms with Crippen molar-refractivity contribution in [3.05, 3.63) is 17.5 Å². The van der Waals surface area contributed by atoms with Gasteiger partial charge in [0.15, 0.2) is 0 Å². The van der Waals surface area contributed by atoms with Crippen LogP contribution in [0.3, 0.4) is 0 Å². The highest BCUT2D eigenvalue weighted by Gasteiger charge is 2.39. The lowest BCUT2D eigenvalue weighted by Crippen LogP contribution is -2.36. The van der Waals surface area contributed by atoms with E-state index in [1.54, 1.807) is 0 Å². The third-order valence-corrected chi connectivity index (χ3v) is 4.54. The molecule has 1 aromatic rings. The first-order valence-electron chi connectivity index (χ1n) is 7.76. The molecular weight excluding hydrogens is 248 g/mol. The largest absolute Gasteiger partial charge is 0.338 e. The minimum absolute atomic E-state index is 0.124. The molecule has 2 heterocycles. The quantitative estimate of drug-likeness (QED) is 0.920. The SMILES string of the molecule is Cc1nc(N2CC3CCC2C3)ncc1CNC(C)(C)C. The fourth-order valence-corrected chi connectivity index (χ4v) is 3.32. The molecule has 110 valence electrons. The molecule has 20 heavy (non-hydrogen) atoms. The van der Waals surface area contributed by atoms with Crippen molar-refractivity contribution in [3.63, 3.8) is 0 Å². The van der Waals surface area contributed by atoms with Crippen LogP contribution in [0.2, 0.25) is 0 Å². The van der Waals surface area contributed by atoms with Crippen molar-refractivity contribution >= 4 is 5.95 Å². The minimum atomic E-state index is 0.124. The second kappa shape index (κ2) is 4.99. The van der Waals surface area contributed by atoms with E-state index in [2.05, 4.69) is 42.9 Å². The summed E-state index contributed by atoms with van der Waals surface area (Å²) in [4.78, 5) is 11.8. The van der Waals surface area contributed by atoms with Gasteiger partial charge >= 0.3 is 0 Å². The molecule has 1 N–H and O–H groups in total. The normalized spacial score (nSPS) is 25.5. The Labute approximate surface area is 122 Å². The first kappa shape index (κ1) is 13.8. The van der Waals surface area contributed by atoms with E-state index < -0.39 is 0 Å². The standard InChI is InChI=1S/C16H26N4/c1-11-13(9-18-16(2,3)4)8-17-15(19-11)20-10-12-5-6-14(20)7-12/h8,12,14,18H,5-7,9-10H2,1-4H3. The Kier molecular flexibility index (Phi) is 3.44. The van der Waals surface area contributed by atoms with E-state index in [0.29, 0.717) is 6.04 Å². The van der Waals surface area contributed by atoms with Gasteiger partial charge in [-0.3, -0.25) is 0 Å². The topological polar surface area (TPSA) is 41.1 Å². The Morgan fingerprint density at radius 3 is 2.70 bits per heavy atom. The van der Waals surface area contributed by atoms with Crippen molar-refractivity contribution in [2.75, 3.05) is 11.4 Å². The number of fused-ring (bicyclic) bond motifs is 2. The molecule has 2 fully saturated rings. The summed E-state index contributed by atoms with van der Waals surface area (Å²) >= 11 is 0. The zero-order chi connectivity index (χ0) is 14.3. The van der Waals surface area contributed by atoms with E-state index >= 15 is 0 Å². The van der Waals surface area contributed by atoms with Crippen LogP contribution in [0.1, 0.15) is 51.3 Å². The Balaban J connectivity index is 1.71. The number of rotatable bonds is 3. The summed E-state index contributed by atoms with van der Waals surface area (Å²) in [6.45, 7) is 10.6. The van der Waals surface area contributed by atoms with Gasteiger partial charge in [-0.15, -0.1) is 0 Å². The first-order chi connectivity index (χ1) is 9.42. The molecule has 0 spiro atoms. The van der Waals surface area contributed by atoms with E-state index in [4.69, 9.17) is 4.98 Å². The van der Waals surface area contributed by atoms with E-state index in [-0.39, 0.29) is 5.54 Å². The van der Waals surface area contributed by atoms with Crippen LogP contribution < -0.4 is 10.2 Å². The molecule has 3 rings (SSSR count). The Hall–Kier alpha value is -1.16. The van der Waals surface area contributed by atoms with Crippen LogP contribution in [-0.2, 0) is 6.54 Å². The van der Waals surface area contributed by atoms with Crippen molar-refractivity contribution < 1.29 is 0 Å². The Bertz CT molecular complexity index is 492. The smallest absolute Gasteiger partial charge is 0.225 e. The van der Waals surface area contributed by atoms with Crippen LogP contribution in [0, 0.1) is 12.8 Å². The average Bonchev–Trinajstić information content (AvgIpc) is 2.98. The molecule has 0 radical (unpaired) electrons. The van der Waals surface area contributed by atoms with Gasteiger partial charge in [-0.25, -0.2) is 9.97 Å². The zero-order valence-corrected chi connectivity index (χ0v) is 13.1. The summed E-state index contributed by atoms with van der Waals surface area (Å²) in [5.41, 5.74) is 2.43. The summed E-state index contributed by atoms with van der Waals surface area (Å²) in [7, 11) is 0. The molecule has 2 unspecified atom stereocenters. The number of piperidine rings is 1. The maximum absolute atomic E-state index is 4.75. The number of aryl methyl sites for hydroxylation is 1. The van der Waals surface area contributed by atoms with Gasteiger partial charge in [-0.2, -0.15) is 0 Å². The number of hydrogen-bond acceptors (Lipinski definition) is 4. The fraction of sp³-hybridized carbons (Fsp3) is 0.750. The number of hydrogen-bond donors (Lipinski definition) is 1. The van der Waals surface area contributed by atoms with Gasteiger partial charge in [0.1, 0.15) is 0 Å². The van der Waals surface area contributed by atoms with Gasteiger partial charge < -0.3 is 10.2 Å². The van der Waals surface area contributed by atoms with Crippen molar-refractivity contribution in [2.45, 2.75) is 65.1 Å². The van der Waals surface area contributed by atoms with Gasteiger partial charge in [0, 0.05) is 42.1 Å². The zero-order valence-electron chi connectivity index (χ0n) is 13.1. The van der Waals surface area contributed by atoms with Crippen molar-refractivity contribution in [1.29, 1.82) is 0 Å².